The number of hydroxylamine groups is 2. The largest absolute Gasteiger partial charge is 0.444 e. The standard InChI is InChI=1S/C21H27N3O4/c1-19(2,3)28-18(26)23-21-9-8-13-7-6-10-22-16(13)15(21)14-11-20(21,12-14)17(25)24(4)27-5/h6-10,14-15H,11-12H2,1-5H3,(H,23,26)/t14?,15-,20?,21-/m0/s1. The maximum absolute atomic E-state index is 13.3. The quantitative estimate of drug-likeness (QED) is 0.809. The Balaban J connectivity index is 1.79. The summed E-state index contributed by atoms with van der Waals surface area (Å²) in [5.74, 6) is 0.0620. The van der Waals surface area contributed by atoms with Gasteiger partial charge in [0, 0.05) is 19.2 Å². The predicted octanol–water partition coefficient (Wildman–Crippen LogP) is 2.89. The van der Waals surface area contributed by atoms with E-state index in [1.807, 2.05) is 45.1 Å². The zero-order chi connectivity index (χ0) is 20.3. The van der Waals surface area contributed by atoms with E-state index in [0.717, 1.165) is 11.3 Å². The minimum atomic E-state index is -0.884. The number of alkyl carbamates (subject to hydrolysis) is 1. The second-order valence-corrected chi connectivity index (χ2v) is 9.02. The molecule has 1 N–H and O–H groups in total. The van der Waals surface area contributed by atoms with Crippen LogP contribution in [0.25, 0.3) is 6.08 Å². The van der Waals surface area contributed by atoms with E-state index in [1.165, 1.54) is 12.2 Å². The van der Waals surface area contributed by atoms with E-state index in [-0.39, 0.29) is 17.7 Å². The lowest BCUT2D eigenvalue weighted by Crippen LogP contribution is -2.63. The van der Waals surface area contributed by atoms with Crippen molar-refractivity contribution in [1.29, 1.82) is 0 Å². The van der Waals surface area contributed by atoms with Gasteiger partial charge in [-0.25, -0.2) is 9.86 Å². The lowest BCUT2D eigenvalue weighted by molar-refractivity contribution is -0.187. The molecule has 5 rings (SSSR count). The number of hydrogen-bond donors (Lipinski definition) is 1. The van der Waals surface area contributed by atoms with Crippen LogP contribution < -0.4 is 5.32 Å². The molecule has 7 nitrogen and oxygen atoms in total. The number of rotatable bonds is 3. The number of carbonyl (C=O) groups is 2. The van der Waals surface area contributed by atoms with Crippen molar-refractivity contribution in [2.45, 2.75) is 50.7 Å². The first-order valence-electron chi connectivity index (χ1n) is 9.61. The summed E-state index contributed by atoms with van der Waals surface area (Å²) in [4.78, 5) is 35.9. The van der Waals surface area contributed by atoms with Gasteiger partial charge in [-0.15, -0.1) is 0 Å². The van der Waals surface area contributed by atoms with E-state index in [0.29, 0.717) is 12.8 Å². The summed E-state index contributed by atoms with van der Waals surface area (Å²) < 4.78 is 5.55. The first-order chi connectivity index (χ1) is 13.1. The Kier molecular flexibility index (Phi) is 4.08. The fourth-order valence-electron chi connectivity index (χ4n) is 5.28. The minimum Gasteiger partial charge on any atom is -0.444 e. The lowest BCUT2D eigenvalue weighted by Gasteiger charge is -2.47. The summed E-state index contributed by atoms with van der Waals surface area (Å²) in [7, 11) is 3.08. The Hall–Kier alpha value is -2.41. The topological polar surface area (TPSA) is 80.8 Å². The maximum Gasteiger partial charge on any atom is 0.408 e. The number of nitrogens with zero attached hydrogens (tertiary/aromatic N) is 2. The van der Waals surface area contributed by atoms with Gasteiger partial charge in [-0.1, -0.05) is 18.2 Å². The van der Waals surface area contributed by atoms with Crippen molar-refractivity contribution in [3.8, 4) is 0 Å². The van der Waals surface area contributed by atoms with Gasteiger partial charge in [-0.05, 0) is 51.2 Å². The SMILES string of the molecule is CON(C)C(=O)C12CC(C1)[C@H]1c3ncccc3C=C[C@]12NC(=O)OC(C)(C)C. The van der Waals surface area contributed by atoms with E-state index in [1.54, 1.807) is 13.2 Å². The molecule has 4 aliphatic carbocycles. The van der Waals surface area contributed by atoms with E-state index >= 15 is 0 Å². The van der Waals surface area contributed by atoms with Crippen LogP contribution in [0.5, 0.6) is 0 Å². The molecule has 0 unspecified atom stereocenters. The van der Waals surface area contributed by atoms with Crippen LogP contribution >= 0.6 is 0 Å². The van der Waals surface area contributed by atoms with Crippen LogP contribution in [0.1, 0.15) is 50.8 Å². The van der Waals surface area contributed by atoms with Gasteiger partial charge < -0.3 is 10.1 Å². The Bertz CT molecular complexity index is 853. The van der Waals surface area contributed by atoms with Crippen molar-refractivity contribution in [2.75, 3.05) is 14.2 Å². The zero-order valence-corrected chi connectivity index (χ0v) is 17.0. The number of hydrogen-bond acceptors (Lipinski definition) is 5. The first kappa shape index (κ1) is 18.9. The summed E-state index contributed by atoms with van der Waals surface area (Å²) in [5.41, 5.74) is -0.323. The molecular weight excluding hydrogens is 358 g/mol. The van der Waals surface area contributed by atoms with Gasteiger partial charge in [0.25, 0.3) is 5.91 Å². The highest BCUT2D eigenvalue weighted by molar-refractivity contribution is 5.89. The normalized spacial score (nSPS) is 32.0. The molecule has 0 radical (unpaired) electrons. The van der Waals surface area contributed by atoms with Crippen LogP contribution in [0.2, 0.25) is 0 Å². The highest BCUT2D eigenvalue weighted by Gasteiger charge is 2.76. The predicted molar refractivity (Wildman–Crippen MR) is 103 cm³/mol. The number of carbonyl (C=O) groups excluding carboxylic acids is 2. The Morgan fingerprint density at radius 1 is 1.32 bits per heavy atom. The molecule has 2 bridgehead atoms. The molecule has 0 saturated heterocycles. The summed E-state index contributed by atoms with van der Waals surface area (Å²) in [6.07, 6.45) is 6.53. The monoisotopic (exact) mass is 385 g/mol. The third kappa shape index (κ3) is 2.49. The van der Waals surface area contributed by atoms with Crippen LogP contribution in [0.15, 0.2) is 24.4 Å². The van der Waals surface area contributed by atoms with E-state index in [2.05, 4.69) is 10.3 Å². The van der Waals surface area contributed by atoms with Crippen molar-refractivity contribution in [2.24, 2.45) is 11.3 Å². The minimum absolute atomic E-state index is 0.0737. The van der Waals surface area contributed by atoms with Gasteiger partial charge in [-0.2, -0.15) is 0 Å². The van der Waals surface area contributed by atoms with Crippen LogP contribution in [-0.4, -0.2) is 47.3 Å². The van der Waals surface area contributed by atoms with Gasteiger partial charge in [0.05, 0.1) is 23.8 Å². The third-order valence-corrected chi connectivity index (χ3v) is 6.34. The molecular formula is C21H27N3O4. The summed E-state index contributed by atoms with van der Waals surface area (Å²) in [6.45, 7) is 5.47. The Morgan fingerprint density at radius 3 is 2.68 bits per heavy atom. The van der Waals surface area contributed by atoms with E-state index < -0.39 is 22.6 Å². The molecule has 1 heterocycles. The number of pyridine rings is 1. The van der Waals surface area contributed by atoms with Crippen LogP contribution in [-0.2, 0) is 14.4 Å². The van der Waals surface area contributed by atoms with Gasteiger partial charge in [0.1, 0.15) is 5.60 Å². The van der Waals surface area contributed by atoms with Crippen LogP contribution in [0, 0.1) is 11.3 Å². The second kappa shape index (κ2) is 6.04. The molecule has 3 fully saturated rings. The summed E-state index contributed by atoms with van der Waals surface area (Å²) in [5, 5.41) is 4.36. The molecule has 0 aliphatic heterocycles. The average Bonchev–Trinajstić information content (AvgIpc) is 3.03. The Labute approximate surface area is 165 Å². The van der Waals surface area contributed by atoms with Gasteiger partial charge in [-0.3, -0.25) is 14.6 Å². The fraction of sp³-hybridized carbons (Fsp3) is 0.571. The van der Waals surface area contributed by atoms with Crippen molar-refractivity contribution in [3.63, 3.8) is 0 Å². The van der Waals surface area contributed by atoms with Crippen molar-refractivity contribution in [1.82, 2.24) is 15.4 Å². The molecule has 150 valence electrons. The highest BCUT2D eigenvalue weighted by Crippen LogP contribution is 2.72. The van der Waals surface area contributed by atoms with Crippen molar-refractivity contribution in [3.05, 3.63) is 35.7 Å². The van der Waals surface area contributed by atoms with Crippen molar-refractivity contribution >= 4 is 18.1 Å². The molecule has 3 saturated carbocycles. The van der Waals surface area contributed by atoms with E-state index in [9.17, 15) is 9.59 Å². The zero-order valence-electron chi connectivity index (χ0n) is 17.0. The van der Waals surface area contributed by atoms with Crippen LogP contribution in [0.3, 0.4) is 0 Å². The molecule has 28 heavy (non-hydrogen) atoms. The number of fused-ring (bicyclic) bond motifs is 1. The average molecular weight is 385 g/mol. The maximum atomic E-state index is 13.3. The summed E-state index contributed by atoms with van der Waals surface area (Å²) in [6, 6.07) is 3.91. The molecule has 7 heteroatoms. The number of amides is 2. The van der Waals surface area contributed by atoms with Crippen molar-refractivity contribution < 1.29 is 19.2 Å². The smallest absolute Gasteiger partial charge is 0.408 e. The molecule has 0 aromatic carbocycles. The molecule has 0 spiro atoms. The lowest BCUT2D eigenvalue weighted by atomic mass is 9.62. The highest BCUT2D eigenvalue weighted by atomic mass is 16.7. The molecule has 2 atom stereocenters. The van der Waals surface area contributed by atoms with E-state index in [4.69, 9.17) is 9.57 Å². The number of ether oxygens (including phenoxy) is 1. The molecule has 4 aliphatic rings. The number of nitrogens with one attached hydrogen (secondary N) is 1. The molecule has 2 amide bonds. The third-order valence-electron chi connectivity index (χ3n) is 6.34. The second-order valence-electron chi connectivity index (χ2n) is 9.02. The van der Waals surface area contributed by atoms with Gasteiger partial charge in [0.15, 0.2) is 0 Å². The van der Waals surface area contributed by atoms with Crippen LogP contribution in [0.4, 0.5) is 4.79 Å². The first-order valence-corrected chi connectivity index (χ1v) is 9.61. The fourth-order valence-corrected chi connectivity index (χ4v) is 5.28. The van der Waals surface area contributed by atoms with Gasteiger partial charge >= 0.3 is 6.09 Å². The summed E-state index contributed by atoms with van der Waals surface area (Å²) >= 11 is 0. The van der Waals surface area contributed by atoms with Gasteiger partial charge in [0.2, 0.25) is 0 Å². The molecule has 1 aromatic rings. The number of aromatic nitrogens is 1. The Morgan fingerprint density at radius 2 is 2.04 bits per heavy atom. The molecule has 1 aromatic heterocycles.